The highest BCUT2D eigenvalue weighted by Crippen LogP contribution is 2.18. The summed E-state index contributed by atoms with van der Waals surface area (Å²) in [7, 11) is 0. The molecule has 1 N–H and O–H groups in total. The van der Waals surface area contributed by atoms with Crippen molar-refractivity contribution in [1.29, 1.82) is 0 Å². The van der Waals surface area contributed by atoms with E-state index in [1.807, 2.05) is 30.3 Å². The molecular weight excluding hydrogens is 348 g/mol. The number of aliphatic carboxylic acids is 1. The second kappa shape index (κ2) is 17.6. The third-order valence-corrected chi connectivity index (χ3v) is 5.46. The van der Waals surface area contributed by atoms with Gasteiger partial charge in [0.15, 0.2) is 0 Å². The summed E-state index contributed by atoms with van der Waals surface area (Å²) in [4.78, 5) is 11.5. The maximum atomic E-state index is 11.5. The summed E-state index contributed by atoms with van der Waals surface area (Å²) in [5.41, 5.74) is 0. The molecule has 0 bridgehead atoms. The number of carbonyl (C=O) groups is 1. The molecule has 28 heavy (non-hydrogen) atoms. The number of benzene rings is 1. The molecule has 1 rings (SSSR count). The molecule has 0 spiro atoms. The van der Waals surface area contributed by atoms with Gasteiger partial charge in [0.2, 0.25) is 0 Å². The van der Waals surface area contributed by atoms with Gasteiger partial charge in [-0.2, -0.15) is 0 Å². The second-order valence-corrected chi connectivity index (χ2v) is 8.02. The molecule has 160 valence electrons. The van der Waals surface area contributed by atoms with Crippen molar-refractivity contribution in [3.05, 3.63) is 30.3 Å². The Morgan fingerprint density at radius 2 is 1.29 bits per heavy atom. The van der Waals surface area contributed by atoms with Gasteiger partial charge in [0.25, 0.3) is 0 Å². The number of hydrogen-bond acceptors (Lipinski definition) is 2. The predicted molar refractivity (Wildman–Crippen MR) is 118 cm³/mol. The van der Waals surface area contributed by atoms with Crippen LogP contribution in [0.1, 0.15) is 103 Å². The summed E-state index contributed by atoms with van der Waals surface area (Å²) in [5.74, 6) is -0.0133. The Bertz CT molecular complexity index is 472. The van der Waals surface area contributed by atoms with Crippen LogP contribution in [0.3, 0.4) is 0 Å². The first kappa shape index (κ1) is 24.5. The van der Waals surface area contributed by atoms with Gasteiger partial charge in [0.05, 0.1) is 12.5 Å². The van der Waals surface area contributed by atoms with Gasteiger partial charge in [-0.3, -0.25) is 4.79 Å². The molecule has 0 heterocycles. The first-order valence-electron chi connectivity index (χ1n) is 11.6. The lowest BCUT2D eigenvalue weighted by Crippen LogP contribution is -2.15. The number of carboxylic acids is 1. The Morgan fingerprint density at radius 3 is 1.82 bits per heavy atom. The molecule has 0 radical (unpaired) electrons. The SMILES string of the molecule is CCCCCCCCCCCCCCC(CCCOc1ccccc1)C(=O)O. The van der Waals surface area contributed by atoms with Gasteiger partial charge in [-0.1, -0.05) is 102 Å². The zero-order valence-corrected chi connectivity index (χ0v) is 18.0. The van der Waals surface area contributed by atoms with Crippen molar-refractivity contribution in [2.45, 2.75) is 103 Å². The molecule has 1 atom stereocenters. The molecule has 1 unspecified atom stereocenters. The zero-order valence-electron chi connectivity index (χ0n) is 18.0. The molecule has 0 aliphatic carbocycles. The monoisotopic (exact) mass is 390 g/mol. The van der Waals surface area contributed by atoms with E-state index >= 15 is 0 Å². The lowest BCUT2D eigenvalue weighted by molar-refractivity contribution is -0.142. The van der Waals surface area contributed by atoms with Crippen molar-refractivity contribution in [3.8, 4) is 5.75 Å². The molecule has 0 saturated heterocycles. The summed E-state index contributed by atoms with van der Waals surface area (Å²) in [6.07, 6.45) is 18.1. The molecule has 3 nitrogen and oxygen atoms in total. The molecule has 0 saturated carbocycles. The maximum absolute atomic E-state index is 11.5. The fraction of sp³-hybridized carbons (Fsp3) is 0.720. The second-order valence-electron chi connectivity index (χ2n) is 8.02. The molecule has 0 aliphatic rings. The minimum atomic E-state index is -0.650. The minimum absolute atomic E-state index is 0.220. The lowest BCUT2D eigenvalue weighted by Gasteiger charge is -2.12. The van der Waals surface area contributed by atoms with Crippen molar-refractivity contribution in [3.63, 3.8) is 0 Å². The average molecular weight is 391 g/mol. The minimum Gasteiger partial charge on any atom is -0.494 e. The molecule has 0 amide bonds. The fourth-order valence-corrected chi connectivity index (χ4v) is 3.66. The molecule has 1 aromatic carbocycles. The Labute approximate surface area is 172 Å². The Morgan fingerprint density at radius 1 is 0.786 bits per heavy atom. The van der Waals surface area contributed by atoms with E-state index in [0.717, 1.165) is 25.0 Å². The predicted octanol–water partition coefficient (Wildman–Crippen LogP) is 7.64. The summed E-state index contributed by atoms with van der Waals surface area (Å²) >= 11 is 0. The number of carboxylic acid groups (broad SMARTS) is 1. The Balaban J connectivity index is 1.95. The highest BCUT2D eigenvalue weighted by atomic mass is 16.5. The van der Waals surface area contributed by atoms with Gasteiger partial charge in [-0.15, -0.1) is 0 Å². The summed E-state index contributed by atoms with van der Waals surface area (Å²) in [6.45, 7) is 2.85. The van der Waals surface area contributed by atoms with Crippen molar-refractivity contribution < 1.29 is 14.6 Å². The van der Waals surface area contributed by atoms with Gasteiger partial charge < -0.3 is 9.84 Å². The van der Waals surface area contributed by atoms with Crippen LogP contribution in [0, 0.1) is 5.92 Å². The quantitative estimate of drug-likeness (QED) is 0.247. The molecule has 1 aromatic rings. The highest BCUT2D eigenvalue weighted by Gasteiger charge is 2.16. The van der Waals surface area contributed by atoms with Crippen LogP contribution in [0.5, 0.6) is 5.75 Å². The molecule has 0 aliphatic heterocycles. The molecule has 0 aromatic heterocycles. The van der Waals surface area contributed by atoms with Crippen LogP contribution in [0.25, 0.3) is 0 Å². The fourth-order valence-electron chi connectivity index (χ4n) is 3.66. The van der Waals surface area contributed by atoms with Crippen LogP contribution in [-0.2, 0) is 4.79 Å². The van der Waals surface area contributed by atoms with Gasteiger partial charge in [0.1, 0.15) is 5.75 Å². The number of ether oxygens (including phenoxy) is 1. The van der Waals surface area contributed by atoms with Crippen LogP contribution in [0.2, 0.25) is 0 Å². The standard InChI is InChI=1S/C25H42O3/c1-2-3-4-5-6-7-8-9-10-11-12-14-18-23(25(26)27)19-17-22-28-24-20-15-13-16-21-24/h13,15-16,20-21,23H,2-12,14,17-19,22H2,1H3,(H,26,27). The first-order valence-corrected chi connectivity index (χ1v) is 11.6. The number of unbranched alkanes of at least 4 members (excludes halogenated alkanes) is 11. The van der Waals surface area contributed by atoms with Crippen molar-refractivity contribution in [2.24, 2.45) is 5.92 Å². The van der Waals surface area contributed by atoms with Crippen LogP contribution < -0.4 is 4.74 Å². The lowest BCUT2D eigenvalue weighted by atomic mass is 9.96. The molecular formula is C25H42O3. The Hall–Kier alpha value is -1.51. The largest absolute Gasteiger partial charge is 0.494 e. The topological polar surface area (TPSA) is 46.5 Å². The van der Waals surface area contributed by atoms with E-state index in [-0.39, 0.29) is 5.92 Å². The smallest absolute Gasteiger partial charge is 0.306 e. The molecule has 0 fully saturated rings. The van der Waals surface area contributed by atoms with Crippen LogP contribution in [0.15, 0.2) is 30.3 Å². The van der Waals surface area contributed by atoms with Crippen LogP contribution in [0.4, 0.5) is 0 Å². The van der Waals surface area contributed by atoms with Crippen LogP contribution in [-0.4, -0.2) is 17.7 Å². The number of rotatable bonds is 19. The number of hydrogen-bond donors (Lipinski definition) is 1. The van der Waals surface area contributed by atoms with Gasteiger partial charge in [-0.05, 0) is 31.4 Å². The van der Waals surface area contributed by atoms with E-state index in [1.165, 1.54) is 70.6 Å². The van der Waals surface area contributed by atoms with E-state index in [1.54, 1.807) is 0 Å². The van der Waals surface area contributed by atoms with Crippen molar-refractivity contribution >= 4 is 5.97 Å². The van der Waals surface area contributed by atoms with E-state index < -0.39 is 5.97 Å². The van der Waals surface area contributed by atoms with Crippen LogP contribution >= 0.6 is 0 Å². The molecule has 3 heteroatoms. The van der Waals surface area contributed by atoms with E-state index in [9.17, 15) is 9.90 Å². The first-order chi connectivity index (χ1) is 13.7. The van der Waals surface area contributed by atoms with Gasteiger partial charge in [-0.25, -0.2) is 0 Å². The van der Waals surface area contributed by atoms with E-state index in [4.69, 9.17) is 4.74 Å². The summed E-state index contributed by atoms with van der Waals surface area (Å²) in [5, 5.41) is 9.43. The van der Waals surface area contributed by atoms with Gasteiger partial charge in [0, 0.05) is 0 Å². The Kier molecular flexibility index (Phi) is 15.4. The van der Waals surface area contributed by atoms with E-state index in [0.29, 0.717) is 13.0 Å². The van der Waals surface area contributed by atoms with E-state index in [2.05, 4.69) is 6.92 Å². The third-order valence-electron chi connectivity index (χ3n) is 5.46. The normalized spacial score (nSPS) is 12.0. The zero-order chi connectivity index (χ0) is 20.3. The third kappa shape index (κ3) is 13.6. The van der Waals surface area contributed by atoms with Crippen molar-refractivity contribution in [1.82, 2.24) is 0 Å². The maximum Gasteiger partial charge on any atom is 0.306 e. The highest BCUT2D eigenvalue weighted by molar-refractivity contribution is 5.69. The van der Waals surface area contributed by atoms with Gasteiger partial charge >= 0.3 is 5.97 Å². The van der Waals surface area contributed by atoms with Crippen molar-refractivity contribution in [2.75, 3.05) is 6.61 Å². The number of para-hydroxylation sites is 1. The summed E-state index contributed by atoms with van der Waals surface area (Å²) in [6, 6.07) is 9.72. The summed E-state index contributed by atoms with van der Waals surface area (Å²) < 4.78 is 5.66. The average Bonchev–Trinajstić information content (AvgIpc) is 2.70.